The minimum Gasteiger partial charge on any atom is -0.481 e. The SMILES string of the molecule is O=C(NC1CCCC(C(=O)O)C1)c1c[nH]ccc1=O. The number of aromatic nitrogens is 1. The summed E-state index contributed by atoms with van der Waals surface area (Å²) in [5.41, 5.74) is -0.290. The lowest BCUT2D eigenvalue weighted by molar-refractivity contribution is -0.143. The summed E-state index contributed by atoms with van der Waals surface area (Å²) in [6, 6.07) is 1.11. The van der Waals surface area contributed by atoms with Gasteiger partial charge in [0.25, 0.3) is 5.91 Å². The van der Waals surface area contributed by atoms with E-state index in [0.29, 0.717) is 12.8 Å². The van der Waals surface area contributed by atoms with Crippen molar-refractivity contribution in [1.82, 2.24) is 10.3 Å². The van der Waals surface area contributed by atoms with Crippen LogP contribution in [0.1, 0.15) is 36.0 Å². The fraction of sp³-hybridized carbons (Fsp3) is 0.462. The number of hydrogen-bond donors (Lipinski definition) is 3. The number of carbonyl (C=O) groups excluding carboxylic acids is 1. The zero-order valence-electron chi connectivity index (χ0n) is 10.4. The summed E-state index contributed by atoms with van der Waals surface area (Å²) in [5, 5.41) is 11.7. The number of aromatic amines is 1. The van der Waals surface area contributed by atoms with E-state index in [9.17, 15) is 14.4 Å². The van der Waals surface area contributed by atoms with Crippen LogP contribution in [-0.4, -0.2) is 28.0 Å². The predicted molar refractivity (Wildman–Crippen MR) is 67.9 cm³/mol. The van der Waals surface area contributed by atoms with E-state index >= 15 is 0 Å². The van der Waals surface area contributed by atoms with Crippen molar-refractivity contribution in [3.05, 3.63) is 34.2 Å². The Bertz CT molecular complexity index is 537. The van der Waals surface area contributed by atoms with Crippen molar-refractivity contribution < 1.29 is 14.7 Å². The van der Waals surface area contributed by atoms with Gasteiger partial charge in [-0.2, -0.15) is 0 Å². The number of nitrogens with one attached hydrogen (secondary N) is 2. The molecule has 1 aromatic rings. The van der Waals surface area contributed by atoms with Gasteiger partial charge in [0.05, 0.1) is 5.92 Å². The van der Waals surface area contributed by atoms with Gasteiger partial charge in [-0.05, 0) is 19.3 Å². The fourth-order valence-corrected chi connectivity index (χ4v) is 2.40. The number of H-pyrrole nitrogens is 1. The standard InChI is InChI=1S/C13H16N2O4/c16-11-4-5-14-7-10(11)12(17)15-9-3-1-2-8(6-9)13(18)19/h4-5,7-9H,1-3,6H2,(H,14,16)(H,15,17)(H,18,19). The van der Waals surface area contributed by atoms with Crippen LogP contribution in [0.4, 0.5) is 0 Å². The summed E-state index contributed by atoms with van der Waals surface area (Å²) < 4.78 is 0. The molecule has 0 bridgehead atoms. The summed E-state index contributed by atoms with van der Waals surface area (Å²) in [4.78, 5) is 37.1. The number of carbonyl (C=O) groups is 2. The Hall–Kier alpha value is -2.11. The highest BCUT2D eigenvalue weighted by Crippen LogP contribution is 2.24. The van der Waals surface area contributed by atoms with E-state index < -0.39 is 17.8 Å². The zero-order valence-corrected chi connectivity index (χ0v) is 10.4. The monoisotopic (exact) mass is 264 g/mol. The Morgan fingerprint density at radius 1 is 1.37 bits per heavy atom. The molecule has 0 aromatic carbocycles. The summed E-state index contributed by atoms with van der Waals surface area (Å²) >= 11 is 0. The van der Waals surface area contributed by atoms with Gasteiger partial charge in [0.2, 0.25) is 0 Å². The lowest BCUT2D eigenvalue weighted by Crippen LogP contribution is -2.41. The average Bonchev–Trinajstić information content (AvgIpc) is 2.39. The van der Waals surface area contributed by atoms with E-state index in [1.54, 1.807) is 0 Å². The molecule has 1 amide bonds. The highest BCUT2D eigenvalue weighted by atomic mass is 16.4. The van der Waals surface area contributed by atoms with Crippen molar-refractivity contribution in [3.63, 3.8) is 0 Å². The molecular formula is C13H16N2O4. The normalized spacial score (nSPS) is 22.7. The van der Waals surface area contributed by atoms with E-state index in [4.69, 9.17) is 5.11 Å². The van der Waals surface area contributed by atoms with Gasteiger partial charge in [-0.3, -0.25) is 14.4 Å². The molecule has 0 saturated heterocycles. The molecule has 1 saturated carbocycles. The van der Waals surface area contributed by atoms with E-state index in [1.165, 1.54) is 18.5 Å². The second-order valence-corrected chi connectivity index (χ2v) is 4.79. The molecule has 3 N–H and O–H groups in total. The van der Waals surface area contributed by atoms with Gasteiger partial charge >= 0.3 is 5.97 Å². The maximum absolute atomic E-state index is 11.9. The van der Waals surface area contributed by atoms with Gasteiger partial charge in [0, 0.05) is 24.5 Å². The van der Waals surface area contributed by atoms with E-state index in [2.05, 4.69) is 10.3 Å². The molecule has 1 fully saturated rings. The second kappa shape index (κ2) is 5.69. The number of aliphatic carboxylic acids is 1. The fourth-order valence-electron chi connectivity index (χ4n) is 2.40. The molecule has 2 unspecified atom stereocenters. The lowest BCUT2D eigenvalue weighted by atomic mass is 9.85. The molecule has 0 aliphatic heterocycles. The van der Waals surface area contributed by atoms with Crippen LogP contribution in [-0.2, 0) is 4.79 Å². The second-order valence-electron chi connectivity index (χ2n) is 4.79. The molecule has 1 aliphatic carbocycles. The maximum atomic E-state index is 11.9. The third-order valence-corrected chi connectivity index (χ3v) is 3.43. The first kappa shape index (κ1) is 13.3. The van der Waals surface area contributed by atoms with Gasteiger partial charge < -0.3 is 15.4 Å². The van der Waals surface area contributed by atoms with E-state index in [0.717, 1.165) is 12.8 Å². The number of carboxylic acids is 1. The summed E-state index contributed by atoms with van der Waals surface area (Å²) in [7, 11) is 0. The summed E-state index contributed by atoms with van der Waals surface area (Å²) in [6.07, 6.45) is 5.40. The molecule has 1 aromatic heterocycles. The van der Waals surface area contributed by atoms with Crippen molar-refractivity contribution >= 4 is 11.9 Å². The molecule has 6 nitrogen and oxygen atoms in total. The van der Waals surface area contributed by atoms with Crippen molar-refractivity contribution in [2.24, 2.45) is 5.92 Å². The highest BCUT2D eigenvalue weighted by Gasteiger charge is 2.28. The van der Waals surface area contributed by atoms with Crippen molar-refractivity contribution in [3.8, 4) is 0 Å². The molecule has 19 heavy (non-hydrogen) atoms. The van der Waals surface area contributed by atoms with Gasteiger partial charge in [-0.1, -0.05) is 6.42 Å². The zero-order chi connectivity index (χ0) is 13.8. The lowest BCUT2D eigenvalue weighted by Gasteiger charge is -2.27. The molecule has 2 rings (SSSR count). The number of rotatable bonds is 3. The number of pyridine rings is 1. The van der Waals surface area contributed by atoms with Gasteiger partial charge in [0.1, 0.15) is 5.56 Å². The molecule has 1 heterocycles. The minimum absolute atomic E-state index is 0.0555. The first-order valence-electron chi connectivity index (χ1n) is 6.28. The Kier molecular flexibility index (Phi) is 3.99. The summed E-state index contributed by atoms with van der Waals surface area (Å²) in [6.45, 7) is 0. The molecular weight excluding hydrogens is 248 g/mol. The molecule has 0 radical (unpaired) electrons. The quantitative estimate of drug-likeness (QED) is 0.750. The Morgan fingerprint density at radius 3 is 2.84 bits per heavy atom. The third-order valence-electron chi connectivity index (χ3n) is 3.43. The van der Waals surface area contributed by atoms with Crippen LogP contribution >= 0.6 is 0 Å². The van der Waals surface area contributed by atoms with Crippen LogP contribution < -0.4 is 10.7 Å². The largest absolute Gasteiger partial charge is 0.481 e. The predicted octanol–water partition coefficient (Wildman–Crippen LogP) is 0.748. The average molecular weight is 264 g/mol. The number of hydrogen-bond acceptors (Lipinski definition) is 3. The van der Waals surface area contributed by atoms with E-state index in [1.807, 2.05) is 0 Å². The van der Waals surface area contributed by atoms with Gasteiger partial charge in [-0.15, -0.1) is 0 Å². The minimum atomic E-state index is -0.823. The van der Waals surface area contributed by atoms with Crippen LogP contribution in [0.15, 0.2) is 23.3 Å². The first-order valence-corrected chi connectivity index (χ1v) is 6.28. The van der Waals surface area contributed by atoms with Crippen LogP contribution in [0.2, 0.25) is 0 Å². The molecule has 1 aliphatic rings. The van der Waals surface area contributed by atoms with Crippen LogP contribution in [0.5, 0.6) is 0 Å². The van der Waals surface area contributed by atoms with Crippen LogP contribution in [0.3, 0.4) is 0 Å². The molecule has 2 atom stereocenters. The topological polar surface area (TPSA) is 99.3 Å². The van der Waals surface area contributed by atoms with Crippen molar-refractivity contribution in [2.75, 3.05) is 0 Å². The van der Waals surface area contributed by atoms with Gasteiger partial charge in [-0.25, -0.2) is 0 Å². The summed E-state index contributed by atoms with van der Waals surface area (Å²) in [5.74, 6) is -1.68. The van der Waals surface area contributed by atoms with Gasteiger partial charge in [0.15, 0.2) is 5.43 Å². The Morgan fingerprint density at radius 2 is 2.16 bits per heavy atom. The van der Waals surface area contributed by atoms with Crippen molar-refractivity contribution in [2.45, 2.75) is 31.7 Å². The highest BCUT2D eigenvalue weighted by molar-refractivity contribution is 5.93. The van der Waals surface area contributed by atoms with Crippen LogP contribution in [0, 0.1) is 5.92 Å². The van der Waals surface area contributed by atoms with Crippen molar-refractivity contribution in [1.29, 1.82) is 0 Å². The Balaban J connectivity index is 2.01. The molecule has 6 heteroatoms. The molecule has 0 spiro atoms. The maximum Gasteiger partial charge on any atom is 0.306 e. The third kappa shape index (κ3) is 3.21. The smallest absolute Gasteiger partial charge is 0.306 e. The number of carboxylic acid groups (broad SMARTS) is 1. The molecule has 102 valence electrons. The van der Waals surface area contributed by atoms with Crippen LogP contribution in [0.25, 0.3) is 0 Å². The first-order chi connectivity index (χ1) is 9.08. The Labute approximate surface area is 109 Å². The van der Waals surface area contributed by atoms with E-state index in [-0.39, 0.29) is 17.0 Å². The number of amides is 1.